The standard InChI is InChI=1S/C14H13Cl2NO2S/c1-3-19-14(18)13-11(17)7(2)12(20-13)10-8(15)5-4-6-9(10)16/h4-6H,3,17H2,1-2H3. The molecule has 0 aliphatic heterocycles. The SMILES string of the molecule is CCOC(=O)c1sc(-c2c(Cl)cccc2Cl)c(C)c1N. The molecule has 3 nitrogen and oxygen atoms in total. The largest absolute Gasteiger partial charge is 0.462 e. The summed E-state index contributed by atoms with van der Waals surface area (Å²) in [5, 5.41) is 1.05. The first-order chi connectivity index (χ1) is 9.47. The quantitative estimate of drug-likeness (QED) is 0.823. The molecule has 2 aromatic rings. The second-order valence-electron chi connectivity index (χ2n) is 4.12. The Morgan fingerprint density at radius 3 is 2.50 bits per heavy atom. The fourth-order valence-electron chi connectivity index (χ4n) is 1.83. The Balaban J connectivity index is 2.60. The molecule has 0 saturated carbocycles. The van der Waals surface area contributed by atoms with Crippen LogP contribution in [-0.2, 0) is 4.74 Å². The van der Waals surface area contributed by atoms with Gasteiger partial charge in [0.25, 0.3) is 0 Å². The van der Waals surface area contributed by atoms with Crippen molar-refractivity contribution < 1.29 is 9.53 Å². The van der Waals surface area contributed by atoms with Crippen molar-refractivity contribution in [2.45, 2.75) is 13.8 Å². The van der Waals surface area contributed by atoms with Crippen molar-refractivity contribution in [2.24, 2.45) is 0 Å². The third-order valence-corrected chi connectivity index (χ3v) is 4.78. The van der Waals surface area contributed by atoms with Crippen molar-refractivity contribution in [3.63, 3.8) is 0 Å². The van der Waals surface area contributed by atoms with E-state index in [0.29, 0.717) is 32.8 Å². The lowest BCUT2D eigenvalue weighted by atomic mass is 10.1. The number of esters is 1. The van der Waals surface area contributed by atoms with Crippen molar-refractivity contribution in [1.29, 1.82) is 0 Å². The van der Waals surface area contributed by atoms with Crippen LogP contribution >= 0.6 is 34.5 Å². The number of halogens is 2. The van der Waals surface area contributed by atoms with Crippen LogP contribution in [0.1, 0.15) is 22.2 Å². The van der Waals surface area contributed by atoms with Gasteiger partial charge in [-0.2, -0.15) is 0 Å². The summed E-state index contributed by atoms with van der Waals surface area (Å²) >= 11 is 13.7. The molecule has 0 aliphatic rings. The zero-order valence-corrected chi connectivity index (χ0v) is 13.3. The molecule has 6 heteroatoms. The first-order valence-electron chi connectivity index (χ1n) is 5.97. The number of anilines is 1. The fourth-order valence-corrected chi connectivity index (χ4v) is 3.72. The second kappa shape index (κ2) is 6.04. The van der Waals surface area contributed by atoms with Gasteiger partial charge in [-0.25, -0.2) is 4.79 Å². The maximum atomic E-state index is 11.9. The summed E-state index contributed by atoms with van der Waals surface area (Å²) in [5.74, 6) is -0.424. The van der Waals surface area contributed by atoms with Crippen molar-refractivity contribution in [3.05, 3.63) is 38.7 Å². The van der Waals surface area contributed by atoms with Gasteiger partial charge in [0.05, 0.1) is 22.3 Å². The van der Waals surface area contributed by atoms with Crippen LogP contribution in [0.2, 0.25) is 10.0 Å². The summed E-state index contributed by atoms with van der Waals surface area (Å²) in [6.45, 7) is 3.89. The van der Waals surface area contributed by atoms with Gasteiger partial charge in [-0.05, 0) is 31.5 Å². The van der Waals surface area contributed by atoms with Crippen LogP contribution in [0.3, 0.4) is 0 Å². The Morgan fingerprint density at radius 1 is 1.35 bits per heavy atom. The number of ether oxygens (including phenoxy) is 1. The lowest BCUT2D eigenvalue weighted by Crippen LogP contribution is -2.05. The molecule has 0 aliphatic carbocycles. The molecule has 0 radical (unpaired) electrons. The fraction of sp³-hybridized carbons (Fsp3) is 0.214. The van der Waals surface area contributed by atoms with E-state index in [2.05, 4.69) is 0 Å². The minimum Gasteiger partial charge on any atom is -0.462 e. The van der Waals surface area contributed by atoms with E-state index in [1.807, 2.05) is 6.92 Å². The van der Waals surface area contributed by atoms with Crippen LogP contribution in [0.25, 0.3) is 10.4 Å². The van der Waals surface area contributed by atoms with Crippen LogP contribution in [0.5, 0.6) is 0 Å². The van der Waals surface area contributed by atoms with Crippen LogP contribution in [0.15, 0.2) is 18.2 Å². The molecule has 0 bridgehead atoms. The molecule has 0 amide bonds. The van der Waals surface area contributed by atoms with E-state index < -0.39 is 5.97 Å². The average Bonchev–Trinajstić information content (AvgIpc) is 2.68. The van der Waals surface area contributed by atoms with Gasteiger partial charge in [-0.15, -0.1) is 11.3 Å². The molecule has 106 valence electrons. The Hall–Kier alpha value is -1.23. The van der Waals surface area contributed by atoms with Crippen LogP contribution in [0.4, 0.5) is 5.69 Å². The number of carbonyl (C=O) groups excluding carboxylic acids is 1. The third-order valence-electron chi connectivity index (χ3n) is 2.84. The van der Waals surface area contributed by atoms with Gasteiger partial charge in [0, 0.05) is 10.4 Å². The van der Waals surface area contributed by atoms with E-state index in [1.54, 1.807) is 25.1 Å². The highest BCUT2D eigenvalue weighted by atomic mass is 35.5. The molecule has 1 aromatic carbocycles. The highest BCUT2D eigenvalue weighted by molar-refractivity contribution is 7.18. The Morgan fingerprint density at radius 2 is 1.95 bits per heavy atom. The van der Waals surface area contributed by atoms with Crippen molar-refractivity contribution >= 4 is 46.2 Å². The molecule has 0 fully saturated rings. The van der Waals surface area contributed by atoms with Gasteiger partial charge in [0.2, 0.25) is 0 Å². The molecule has 2 N–H and O–H groups in total. The van der Waals surface area contributed by atoms with Gasteiger partial charge >= 0.3 is 5.97 Å². The summed E-state index contributed by atoms with van der Waals surface area (Å²) in [4.78, 5) is 13.1. The Labute approximate surface area is 131 Å². The Bertz CT molecular complexity index is 647. The van der Waals surface area contributed by atoms with E-state index in [-0.39, 0.29) is 0 Å². The normalized spacial score (nSPS) is 10.6. The summed E-state index contributed by atoms with van der Waals surface area (Å²) in [6, 6.07) is 5.27. The number of hydrogen-bond acceptors (Lipinski definition) is 4. The zero-order valence-electron chi connectivity index (χ0n) is 11.0. The number of nitrogen functional groups attached to an aromatic ring is 1. The topological polar surface area (TPSA) is 52.3 Å². The number of benzene rings is 1. The molecule has 0 saturated heterocycles. The van der Waals surface area contributed by atoms with E-state index in [0.717, 1.165) is 10.4 Å². The molecular formula is C14H13Cl2NO2S. The van der Waals surface area contributed by atoms with Crippen molar-refractivity contribution in [2.75, 3.05) is 12.3 Å². The monoisotopic (exact) mass is 329 g/mol. The highest BCUT2D eigenvalue weighted by Gasteiger charge is 2.22. The van der Waals surface area contributed by atoms with Gasteiger partial charge in [-0.3, -0.25) is 0 Å². The summed E-state index contributed by atoms with van der Waals surface area (Å²) in [6.07, 6.45) is 0. The maximum Gasteiger partial charge on any atom is 0.350 e. The molecule has 0 spiro atoms. The van der Waals surface area contributed by atoms with E-state index in [4.69, 9.17) is 33.7 Å². The number of nitrogens with two attached hydrogens (primary N) is 1. The second-order valence-corrected chi connectivity index (χ2v) is 5.95. The molecule has 0 unspecified atom stereocenters. The summed E-state index contributed by atoms with van der Waals surface area (Å²) in [5.41, 5.74) is 7.89. The molecular weight excluding hydrogens is 317 g/mol. The van der Waals surface area contributed by atoms with Gasteiger partial charge in [0.1, 0.15) is 4.88 Å². The van der Waals surface area contributed by atoms with Crippen molar-refractivity contribution in [1.82, 2.24) is 0 Å². The highest BCUT2D eigenvalue weighted by Crippen LogP contribution is 2.44. The lowest BCUT2D eigenvalue weighted by molar-refractivity contribution is 0.0533. The molecule has 0 atom stereocenters. The van der Waals surface area contributed by atoms with Crippen LogP contribution < -0.4 is 5.73 Å². The number of rotatable bonds is 3. The van der Waals surface area contributed by atoms with Crippen LogP contribution in [-0.4, -0.2) is 12.6 Å². The van der Waals surface area contributed by atoms with Gasteiger partial charge in [0.15, 0.2) is 0 Å². The van der Waals surface area contributed by atoms with Crippen molar-refractivity contribution in [3.8, 4) is 10.4 Å². The van der Waals surface area contributed by atoms with E-state index in [9.17, 15) is 4.79 Å². The van der Waals surface area contributed by atoms with Gasteiger partial charge < -0.3 is 10.5 Å². The minimum atomic E-state index is -0.424. The predicted octanol–water partition coefficient (Wildman–Crippen LogP) is 4.79. The third kappa shape index (κ3) is 2.64. The van der Waals surface area contributed by atoms with E-state index in [1.165, 1.54) is 11.3 Å². The number of carbonyl (C=O) groups is 1. The number of hydrogen-bond donors (Lipinski definition) is 1. The maximum absolute atomic E-state index is 11.9. The predicted molar refractivity (Wildman–Crippen MR) is 84.9 cm³/mol. The van der Waals surface area contributed by atoms with E-state index >= 15 is 0 Å². The molecule has 2 rings (SSSR count). The molecule has 1 heterocycles. The lowest BCUT2D eigenvalue weighted by Gasteiger charge is -2.05. The zero-order chi connectivity index (χ0) is 14.9. The summed E-state index contributed by atoms with van der Waals surface area (Å²) in [7, 11) is 0. The smallest absolute Gasteiger partial charge is 0.350 e. The minimum absolute atomic E-state index is 0.303. The average molecular weight is 330 g/mol. The van der Waals surface area contributed by atoms with Gasteiger partial charge in [-0.1, -0.05) is 29.3 Å². The molecule has 20 heavy (non-hydrogen) atoms. The number of thiophene rings is 1. The Kier molecular flexibility index (Phi) is 4.58. The molecule has 1 aromatic heterocycles. The summed E-state index contributed by atoms with van der Waals surface area (Å²) < 4.78 is 5.00. The van der Waals surface area contributed by atoms with Crippen LogP contribution in [0, 0.1) is 6.92 Å². The first-order valence-corrected chi connectivity index (χ1v) is 7.55. The first kappa shape index (κ1) is 15.2.